The molecule has 1 atom stereocenters. The summed E-state index contributed by atoms with van der Waals surface area (Å²) in [6.07, 6.45) is 9.51. The standard InChI is InChI=1S/C21H24N6O/c1-22-19-8-9-24-20(25-19)17-4-6-18(7-5-17)21(28)27-11-2-3-16(14-27)13-26-12-10-23-15-26/h4-10,12,15-16H,2-3,11,13-14H2,1H3,(H,22,24,25). The summed E-state index contributed by atoms with van der Waals surface area (Å²) in [6.45, 7) is 2.50. The summed E-state index contributed by atoms with van der Waals surface area (Å²) < 4.78 is 2.09. The Labute approximate surface area is 164 Å². The van der Waals surface area contributed by atoms with E-state index in [-0.39, 0.29) is 5.91 Å². The zero-order valence-electron chi connectivity index (χ0n) is 16.0. The summed E-state index contributed by atoms with van der Waals surface area (Å²) in [5.74, 6) is 1.96. The van der Waals surface area contributed by atoms with E-state index < -0.39 is 0 Å². The molecule has 1 saturated heterocycles. The molecule has 1 amide bonds. The van der Waals surface area contributed by atoms with Gasteiger partial charge in [0.2, 0.25) is 0 Å². The summed E-state index contributed by atoms with van der Waals surface area (Å²) >= 11 is 0. The normalized spacial score (nSPS) is 16.8. The molecule has 3 heterocycles. The van der Waals surface area contributed by atoms with Crippen molar-refractivity contribution in [2.45, 2.75) is 19.4 Å². The van der Waals surface area contributed by atoms with Gasteiger partial charge < -0.3 is 14.8 Å². The number of rotatable bonds is 5. The molecular formula is C21H24N6O. The van der Waals surface area contributed by atoms with Gasteiger partial charge >= 0.3 is 0 Å². The number of amides is 1. The lowest BCUT2D eigenvalue weighted by Gasteiger charge is -2.33. The van der Waals surface area contributed by atoms with Crippen LogP contribution in [0.25, 0.3) is 11.4 Å². The third kappa shape index (κ3) is 4.03. The minimum Gasteiger partial charge on any atom is -0.373 e. The molecule has 1 aliphatic heterocycles. The van der Waals surface area contributed by atoms with Crippen LogP contribution in [0.5, 0.6) is 0 Å². The lowest BCUT2D eigenvalue weighted by atomic mass is 9.97. The van der Waals surface area contributed by atoms with Gasteiger partial charge in [0.05, 0.1) is 6.33 Å². The molecule has 1 N–H and O–H groups in total. The number of piperidine rings is 1. The van der Waals surface area contributed by atoms with Gasteiger partial charge in [-0.15, -0.1) is 0 Å². The maximum atomic E-state index is 13.0. The van der Waals surface area contributed by atoms with Gasteiger partial charge in [0.25, 0.3) is 5.91 Å². The molecule has 1 aromatic carbocycles. The van der Waals surface area contributed by atoms with E-state index in [1.165, 1.54) is 0 Å². The van der Waals surface area contributed by atoms with Crippen LogP contribution in [-0.4, -0.2) is 50.5 Å². The number of hydrogen-bond donors (Lipinski definition) is 1. The third-order valence-corrected chi connectivity index (χ3v) is 5.14. The highest BCUT2D eigenvalue weighted by molar-refractivity contribution is 5.94. The molecule has 4 rings (SSSR count). The number of imidazole rings is 1. The van der Waals surface area contributed by atoms with E-state index in [0.717, 1.165) is 43.9 Å². The first-order valence-corrected chi connectivity index (χ1v) is 9.59. The number of likely N-dealkylation sites (tertiary alicyclic amines) is 1. The summed E-state index contributed by atoms with van der Waals surface area (Å²) in [4.78, 5) is 27.8. The zero-order chi connectivity index (χ0) is 19.3. The fourth-order valence-corrected chi connectivity index (χ4v) is 3.67. The second kappa shape index (κ2) is 8.21. The van der Waals surface area contributed by atoms with Gasteiger partial charge in [-0.2, -0.15) is 0 Å². The first kappa shape index (κ1) is 18.2. The number of anilines is 1. The smallest absolute Gasteiger partial charge is 0.253 e. The van der Waals surface area contributed by atoms with E-state index in [4.69, 9.17) is 0 Å². The van der Waals surface area contributed by atoms with E-state index in [1.54, 1.807) is 12.4 Å². The molecule has 1 aliphatic rings. The fraction of sp³-hybridized carbons (Fsp3) is 0.333. The monoisotopic (exact) mass is 376 g/mol. The van der Waals surface area contributed by atoms with Crippen LogP contribution in [0, 0.1) is 5.92 Å². The number of carbonyl (C=O) groups excluding carboxylic acids is 1. The van der Waals surface area contributed by atoms with Crippen molar-refractivity contribution in [1.29, 1.82) is 0 Å². The molecule has 0 spiro atoms. The molecule has 2 aromatic heterocycles. The Hall–Kier alpha value is -3.22. The lowest BCUT2D eigenvalue weighted by molar-refractivity contribution is 0.0662. The molecule has 7 heteroatoms. The third-order valence-electron chi connectivity index (χ3n) is 5.14. The average molecular weight is 376 g/mol. The van der Waals surface area contributed by atoms with Gasteiger partial charge in [0, 0.05) is 56.4 Å². The van der Waals surface area contributed by atoms with E-state index in [9.17, 15) is 4.79 Å². The maximum Gasteiger partial charge on any atom is 0.253 e. The first-order chi connectivity index (χ1) is 13.7. The highest BCUT2D eigenvalue weighted by Crippen LogP contribution is 2.22. The van der Waals surface area contributed by atoms with E-state index in [1.807, 2.05) is 54.8 Å². The van der Waals surface area contributed by atoms with Crippen LogP contribution in [0.1, 0.15) is 23.2 Å². The molecule has 0 aliphatic carbocycles. The Morgan fingerprint density at radius 1 is 1.21 bits per heavy atom. The number of carbonyl (C=O) groups is 1. The molecule has 0 bridgehead atoms. The number of hydrogen-bond acceptors (Lipinski definition) is 5. The molecular weight excluding hydrogens is 352 g/mol. The van der Waals surface area contributed by atoms with Crippen molar-refractivity contribution >= 4 is 11.7 Å². The second-order valence-electron chi connectivity index (χ2n) is 7.11. The SMILES string of the molecule is CNc1ccnc(-c2ccc(C(=O)N3CCCC(Cn4ccnc4)C3)cc2)n1. The highest BCUT2D eigenvalue weighted by Gasteiger charge is 2.24. The van der Waals surface area contributed by atoms with E-state index in [2.05, 4.69) is 24.8 Å². The molecule has 1 unspecified atom stereocenters. The number of aromatic nitrogens is 4. The van der Waals surface area contributed by atoms with Crippen LogP contribution in [0.3, 0.4) is 0 Å². The summed E-state index contributed by atoms with van der Waals surface area (Å²) in [5.41, 5.74) is 1.60. The molecule has 1 fully saturated rings. The van der Waals surface area contributed by atoms with Crippen molar-refractivity contribution < 1.29 is 4.79 Å². The predicted octanol–water partition coefficient (Wildman–Crippen LogP) is 2.93. The summed E-state index contributed by atoms with van der Waals surface area (Å²) in [6, 6.07) is 9.38. The van der Waals surface area contributed by atoms with Crippen LogP contribution >= 0.6 is 0 Å². The van der Waals surface area contributed by atoms with Crippen molar-refractivity contribution in [2.75, 3.05) is 25.5 Å². The van der Waals surface area contributed by atoms with Gasteiger partial charge in [-0.05, 0) is 37.0 Å². The summed E-state index contributed by atoms with van der Waals surface area (Å²) in [5, 5.41) is 3.01. The largest absolute Gasteiger partial charge is 0.373 e. The predicted molar refractivity (Wildman–Crippen MR) is 108 cm³/mol. The van der Waals surface area contributed by atoms with Crippen LogP contribution in [0.2, 0.25) is 0 Å². The van der Waals surface area contributed by atoms with Crippen LogP contribution in [0.4, 0.5) is 5.82 Å². The Kier molecular flexibility index (Phi) is 5.32. The van der Waals surface area contributed by atoms with Crippen LogP contribution in [-0.2, 0) is 6.54 Å². The Bertz CT molecular complexity index is 922. The van der Waals surface area contributed by atoms with Crippen molar-refractivity contribution in [2.24, 2.45) is 5.92 Å². The first-order valence-electron chi connectivity index (χ1n) is 9.59. The molecule has 0 saturated carbocycles. The van der Waals surface area contributed by atoms with Crippen molar-refractivity contribution in [3.8, 4) is 11.4 Å². The molecule has 3 aromatic rings. The van der Waals surface area contributed by atoms with Gasteiger partial charge in [-0.25, -0.2) is 15.0 Å². The minimum atomic E-state index is 0.0896. The minimum absolute atomic E-state index is 0.0896. The maximum absolute atomic E-state index is 13.0. The zero-order valence-corrected chi connectivity index (χ0v) is 16.0. The van der Waals surface area contributed by atoms with E-state index >= 15 is 0 Å². The summed E-state index contributed by atoms with van der Waals surface area (Å²) in [7, 11) is 1.83. The second-order valence-corrected chi connectivity index (χ2v) is 7.11. The van der Waals surface area contributed by atoms with Crippen LogP contribution in [0.15, 0.2) is 55.2 Å². The average Bonchev–Trinajstić information content (AvgIpc) is 3.26. The topological polar surface area (TPSA) is 75.9 Å². The Morgan fingerprint density at radius 2 is 2.07 bits per heavy atom. The van der Waals surface area contributed by atoms with Crippen molar-refractivity contribution in [3.63, 3.8) is 0 Å². The number of nitrogens with one attached hydrogen (secondary N) is 1. The fourth-order valence-electron chi connectivity index (χ4n) is 3.67. The highest BCUT2D eigenvalue weighted by atomic mass is 16.2. The van der Waals surface area contributed by atoms with Crippen LogP contribution < -0.4 is 5.32 Å². The van der Waals surface area contributed by atoms with Gasteiger partial charge in [0.15, 0.2) is 5.82 Å². The molecule has 7 nitrogen and oxygen atoms in total. The van der Waals surface area contributed by atoms with E-state index in [0.29, 0.717) is 17.3 Å². The Morgan fingerprint density at radius 3 is 2.82 bits per heavy atom. The molecule has 144 valence electrons. The number of nitrogens with zero attached hydrogens (tertiary/aromatic N) is 5. The van der Waals surface area contributed by atoms with Gasteiger partial charge in [-0.1, -0.05) is 12.1 Å². The number of benzene rings is 1. The molecule has 0 radical (unpaired) electrons. The van der Waals surface area contributed by atoms with Crippen molar-refractivity contribution in [1.82, 2.24) is 24.4 Å². The van der Waals surface area contributed by atoms with Crippen molar-refractivity contribution in [3.05, 3.63) is 60.8 Å². The quantitative estimate of drug-likeness (QED) is 0.741. The van der Waals surface area contributed by atoms with Gasteiger partial charge in [-0.3, -0.25) is 4.79 Å². The molecule has 28 heavy (non-hydrogen) atoms. The lowest BCUT2D eigenvalue weighted by Crippen LogP contribution is -2.41. The van der Waals surface area contributed by atoms with Gasteiger partial charge in [0.1, 0.15) is 5.82 Å². The Balaban J connectivity index is 1.44.